The molecule has 1 aliphatic rings. The Morgan fingerprint density at radius 2 is 2.20 bits per heavy atom. The average molecular weight is 277 g/mol. The van der Waals surface area contributed by atoms with E-state index in [0.717, 1.165) is 24.2 Å². The van der Waals surface area contributed by atoms with E-state index >= 15 is 0 Å². The van der Waals surface area contributed by atoms with Gasteiger partial charge in [0.25, 0.3) is 0 Å². The molecule has 5 nitrogen and oxygen atoms in total. The second kappa shape index (κ2) is 7.26. The van der Waals surface area contributed by atoms with E-state index in [1.54, 1.807) is 4.90 Å². The number of benzene rings is 1. The first-order chi connectivity index (χ1) is 9.74. The molecule has 0 spiro atoms. The summed E-state index contributed by atoms with van der Waals surface area (Å²) in [6, 6.07) is 8.09. The van der Waals surface area contributed by atoms with Crippen LogP contribution in [0.3, 0.4) is 0 Å². The molecule has 1 unspecified atom stereocenters. The number of nitrogens with zero attached hydrogens (tertiary/aromatic N) is 1. The monoisotopic (exact) mass is 277 g/mol. The van der Waals surface area contributed by atoms with Crippen molar-refractivity contribution in [3.8, 4) is 0 Å². The van der Waals surface area contributed by atoms with Gasteiger partial charge in [0.2, 0.25) is 0 Å². The number of rotatable bonds is 5. The van der Waals surface area contributed by atoms with Crippen molar-refractivity contribution < 1.29 is 9.53 Å². The lowest BCUT2D eigenvalue weighted by molar-refractivity contribution is 0.178. The molecule has 0 bridgehead atoms. The van der Waals surface area contributed by atoms with Crippen LogP contribution in [0.15, 0.2) is 24.3 Å². The molecule has 1 aliphatic heterocycles. The van der Waals surface area contributed by atoms with Crippen molar-refractivity contribution in [1.29, 1.82) is 0 Å². The standard InChI is InChI=1S/C15H23N3O2/c1-2-18(15(19)17-14-7-8-20-11-14)10-13-6-4-3-5-12(13)9-16/h3-6,14H,2,7-11,16H2,1H3,(H,17,19). The van der Waals surface area contributed by atoms with E-state index in [1.165, 1.54) is 0 Å². The maximum atomic E-state index is 12.3. The van der Waals surface area contributed by atoms with Gasteiger partial charge in [-0.1, -0.05) is 24.3 Å². The summed E-state index contributed by atoms with van der Waals surface area (Å²) >= 11 is 0. The lowest BCUT2D eigenvalue weighted by Crippen LogP contribution is -2.44. The molecule has 1 aromatic rings. The first-order valence-electron chi connectivity index (χ1n) is 7.14. The van der Waals surface area contributed by atoms with Crippen LogP contribution in [0.25, 0.3) is 0 Å². The Bertz CT molecular complexity index is 444. The van der Waals surface area contributed by atoms with Crippen LogP contribution in [0, 0.1) is 0 Å². The number of carbonyl (C=O) groups excluding carboxylic acids is 1. The normalized spacial score (nSPS) is 18.0. The fourth-order valence-corrected chi connectivity index (χ4v) is 2.36. The Hall–Kier alpha value is -1.59. The van der Waals surface area contributed by atoms with Gasteiger partial charge < -0.3 is 20.7 Å². The van der Waals surface area contributed by atoms with Gasteiger partial charge in [0.15, 0.2) is 0 Å². The smallest absolute Gasteiger partial charge is 0.317 e. The van der Waals surface area contributed by atoms with E-state index in [2.05, 4.69) is 5.32 Å². The predicted octanol–water partition coefficient (Wildman–Crippen LogP) is 1.47. The first-order valence-corrected chi connectivity index (χ1v) is 7.14. The average Bonchev–Trinajstić information content (AvgIpc) is 2.97. The molecule has 1 atom stereocenters. The quantitative estimate of drug-likeness (QED) is 0.856. The molecule has 1 heterocycles. The Labute approximate surface area is 120 Å². The molecule has 5 heteroatoms. The second-order valence-corrected chi connectivity index (χ2v) is 5.00. The minimum Gasteiger partial charge on any atom is -0.379 e. The highest BCUT2D eigenvalue weighted by Gasteiger charge is 2.21. The Morgan fingerprint density at radius 1 is 1.45 bits per heavy atom. The van der Waals surface area contributed by atoms with Crippen molar-refractivity contribution in [2.45, 2.75) is 32.5 Å². The molecule has 0 radical (unpaired) electrons. The Morgan fingerprint density at radius 3 is 2.80 bits per heavy atom. The van der Waals surface area contributed by atoms with Gasteiger partial charge >= 0.3 is 6.03 Å². The topological polar surface area (TPSA) is 67.6 Å². The number of hydrogen-bond acceptors (Lipinski definition) is 3. The minimum absolute atomic E-state index is 0.0326. The van der Waals surface area contributed by atoms with Gasteiger partial charge in [-0.3, -0.25) is 0 Å². The fraction of sp³-hybridized carbons (Fsp3) is 0.533. The van der Waals surface area contributed by atoms with Crippen molar-refractivity contribution in [3.63, 3.8) is 0 Å². The maximum Gasteiger partial charge on any atom is 0.317 e. The van der Waals surface area contributed by atoms with Gasteiger partial charge in [0.1, 0.15) is 0 Å². The summed E-state index contributed by atoms with van der Waals surface area (Å²) in [6.45, 7) is 5.07. The number of ether oxygens (including phenoxy) is 1. The first kappa shape index (κ1) is 14.8. The van der Waals surface area contributed by atoms with Gasteiger partial charge in [0.05, 0.1) is 12.6 Å². The van der Waals surface area contributed by atoms with Gasteiger partial charge in [-0.25, -0.2) is 4.79 Å². The van der Waals surface area contributed by atoms with Crippen LogP contribution in [-0.4, -0.2) is 36.7 Å². The number of hydrogen-bond donors (Lipinski definition) is 2. The zero-order chi connectivity index (χ0) is 14.4. The maximum absolute atomic E-state index is 12.3. The van der Waals surface area contributed by atoms with E-state index in [9.17, 15) is 4.79 Å². The molecule has 1 aromatic carbocycles. The number of amides is 2. The second-order valence-electron chi connectivity index (χ2n) is 5.00. The summed E-state index contributed by atoms with van der Waals surface area (Å²) < 4.78 is 5.28. The van der Waals surface area contributed by atoms with Crippen LogP contribution in [0.2, 0.25) is 0 Å². The van der Waals surface area contributed by atoms with Crippen molar-refractivity contribution in [2.24, 2.45) is 5.73 Å². The molecule has 3 N–H and O–H groups in total. The van der Waals surface area contributed by atoms with Crippen molar-refractivity contribution in [2.75, 3.05) is 19.8 Å². The summed E-state index contributed by atoms with van der Waals surface area (Å²) in [5, 5.41) is 3.02. The summed E-state index contributed by atoms with van der Waals surface area (Å²) in [5.41, 5.74) is 7.93. The van der Waals surface area contributed by atoms with Gasteiger partial charge in [-0.15, -0.1) is 0 Å². The van der Waals surface area contributed by atoms with E-state index in [4.69, 9.17) is 10.5 Å². The summed E-state index contributed by atoms with van der Waals surface area (Å²) in [4.78, 5) is 14.1. The third-order valence-electron chi connectivity index (χ3n) is 3.63. The zero-order valence-corrected chi connectivity index (χ0v) is 12.0. The van der Waals surface area contributed by atoms with Crippen molar-refractivity contribution in [1.82, 2.24) is 10.2 Å². The molecule has 110 valence electrons. The van der Waals surface area contributed by atoms with Crippen LogP contribution in [0.1, 0.15) is 24.5 Å². The van der Waals surface area contributed by atoms with E-state index in [0.29, 0.717) is 26.2 Å². The Kier molecular flexibility index (Phi) is 5.38. The number of carbonyl (C=O) groups is 1. The van der Waals surface area contributed by atoms with E-state index in [-0.39, 0.29) is 12.1 Å². The van der Waals surface area contributed by atoms with E-state index < -0.39 is 0 Å². The van der Waals surface area contributed by atoms with Crippen LogP contribution in [0.4, 0.5) is 4.79 Å². The zero-order valence-electron chi connectivity index (χ0n) is 12.0. The fourth-order valence-electron chi connectivity index (χ4n) is 2.36. The molecule has 1 fully saturated rings. The molecule has 2 rings (SSSR count). The highest BCUT2D eigenvalue weighted by atomic mass is 16.5. The third-order valence-corrected chi connectivity index (χ3v) is 3.63. The molecule has 2 amide bonds. The highest BCUT2D eigenvalue weighted by molar-refractivity contribution is 5.74. The number of nitrogens with two attached hydrogens (primary N) is 1. The number of urea groups is 1. The largest absolute Gasteiger partial charge is 0.379 e. The van der Waals surface area contributed by atoms with Crippen LogP contribution >= 0.6 is 0 Å². The molecule has 0 aromatic heterocycles. The van der Waals surface area contributed by atoms with Crippen molar-refractivity contribution in [3.05, 3.63) is 35.4 Å². The van der Waals surface area contributed by atoms with Crippen LogP contribution in [-0.2, 0) is 17.8 Å². The van der Waals surface area contributed by atoms with E-state index in [1.807, 2.05) is 31.2 Å². The molecule has 20 heavy (non-hydrogen) atoms. The van der Waals surface area contributed by atoms with Gasteiger partial charge in [0, 0.05) is 26.2 Å². The lowest BCUT2D eigenvalue weighted by Gasteiger charge is -2.24. The highest BCUT2D eigenvalue weighted by Crippen LogP contribution is 2.12. The van der Waals surface area contributed by atoms with Crippen molar-refractivity contribution >= 4 is 6.03 Å². The third kappa shape index (κ3) is 3.71. The summed E-state index contributed by atoms with van der Waals surface area (Å²) in [6.07, 6.45) is 0.892. The molecular formula is C15H23N3O2. The molecular weight excluding hydrogens is 254 g/mol. The minimum atomic E-state index is -0.0326. The predicted molar refractivity (Wildman–Crippen MR) is 78.2 cm³/mol. The SMILES string of the molecule is CCN(Cc1ccccc1CN)C(=O)NC1CCOC1. The van der Waals surface area contributed by atoms with Crippen LogP contribution in [0.5, 0.6) is 0 Å². The van der Waals surface area contributed by atoms with Crippen LogP contribution < -0.4 is 11.1 Å². The molecule has 1 saturated heterocycles. The Balaban J connectivity index is 1.98. The summed E-state index contributed by atoms with van der Waals surface area (Å²) in [5.74, 6) is 0. The van der Waals surface area contributed by atoms with Gasteiger partial charge in [-0.2, -0.15) is 0 Å². The van der Waals surface area contributed by atoms with Gasteiger partial charge in [-0.05, 0) is 24.5 Å². The summed E-state index contributed by atoms with van der Waals surface area (Å²) in [7, 11) is 0. The number of nitrogens with one attached hydrogen (secondary N) is 1. The molecule has 0 saturated carbocycles. The molecule has 0 aliphatic carbocycles. The lowest BCUT2D eigenvalue weighted by atomic mass is 10.1.